The van der Waals surface area contributed by atoms with E-state index in [1.54, 1.807) is 12.4 Å². The average Bonchev–Trinajstić information content (AvgIpc) is 3.17. The Morgan fingerprint density at radius 2 is 2.06 bits per heavy atom. The number of aryl methyl sites for hydroxylation is 1. The molecule has 0 saturated carbocycles. The van der Waals surface area contributed by atoms with E-state index in [9.17, 15) is 9.59 Å². The number of hydrogen-bond acceptors (Lipinski definition) is 5. The van der Waals surface area contributed by atoms with Gasteiger partial charge in [-0.2, -0.15) is 0 Å². The highest BCUT2D eigenvalue weighted by atomic mass is 16.2. The Hall–Kier alpha value is -3.87. The largest absolute Gasteiger partial charge is 0.348 e. The summed E-state index contributed by atoms with van der Waals surface area (Å²) in [7, 11) is 0. The van der Waals surface area contributed by atoms with Crippen molar-refractivity contribution in [3.05, 3.63) is 88.5 Å². The maximum Gasteiger partial charge on any atom is 0.226 e. The lowest BCUT2D eigenvalue weighted by Crippen LogP contribution is -2.36. The van der Waals surface area contributed by atoms with Crippen molar-refractivity contribution in [2.75, 3.05) is 5.32 Å². The van der Waals surface area contributed by atoms with E-state index in [4.69, 9.17) is 0 Å². The number of aromatic nitrogens is 2. The third kappa shape index (κ3) is 3.82. The number of fused-ring (bicyclic) bond motifs is 2. The normalized spacial score (nSPS) is 16.7. The average molecular weight is 411 g/mol. The van der Waals surface area contributed by atoms with E-state index in [0.29, 0.717) is 12.2 Å². The van der Waals surface area contributed by atoms with Gasteiger partial charge in [0.25, 0.3) is 0 Å². The Balaban J connectivity index is 1.30. The van der Waals surface area contributed by atoms with Crippen LogP contribution in [0.5, 0.6) is 0 Å². The van der Waals surface area contributed by atoms with Gasteiger partial charge in [-0.3, -0.25) is 24.5 Å². The minimum absolute atomic E-state index is 0.101. The molecule has 0 fully saturated rings. The standard InChI is InChI=1S/C24H21N5O2/c1-14-8-15(6-7-25-14)24-19-13-26-17(9-16(19)12-27-24)10-22(30)29-21-11-23(31)28-20-5-3-2-4-18(20)21/h2-9,13,21H,10-12H2,1H3,(H,28,31)(H,29,30). The number of aliphatic imine (C=N–C) groups is 1. The summed E-state index contributed by atoms with van der Waals surface area (Å²) in [4.78, 5) is 38.1. The third-order valence-corrected chi connectivity index (χ3v) is 5.56. The molecule has 2 aliphatic rings. The molecule has 0 spiro atoms. The van der Waals surface area contributed by atoms with Crippen molar-refractivity contribution in [2.45, 2.75) is 32.4 Å². The van der Waals surface area contributed by atoms with Crippen LogP contribution in [-0.4, -0.2) is 27.5 Å². The van der Waals surface area contributed by atoms with Crippen LogP contribution in [0.1, 0.15) is 46.1 Å². The fraction of sp³-hybridized carbons (Fsp3) is 0.208. The number of benzene rings is 1. The van der Waals surface area contributed by atoms with Crippen LogP contribution in [0.3, 0.4) is 0 Å². The fourth-order valence-corrected chi connectivity index (χ4v) is 4.13. The molecule has 0 radical (unpaired) electrons. The Labute approximate surface area is 179 Å². The summed E-state index contributed by atoms with van der Waals surface area (Å²) in [6.45, 7) is 2.52. The number of para-hydroxylation sites is 1. The highest BCUT2D eigenvalue weighted by Gasteiger charge is 2.26. The predicted octanol–water partition coefficient (Wildman–Crippen LogP) is 2.88. The van der Waals surface area contributed by atoms with Gasteiger partial charge in [-0.25, -0.2) is 0 Å². The van der Waals surface area contributed by atoms with Gasteiger partial charge < -0.3 is 10.6 Å². The third-order valence-electron chi connectivity index (χ3n) is 5.56. The number of hydrogen-bond donors (Lipinski definition) is 2. The van der Waals surface area contributed by atoms with Crippen molar-refractivity contribution in [1.29, 1.82) is 0 Å². The number of nitrogens with zero attached hydrogens (tertiary/aromatic N) is 3. The highest BCUT2D eigenvalue weighted by molar-refractivity contribution is 6.15. The van der Waals surface area contributed by atoms with Gasteiger partial charge in [0.15, 0.2) is 0 Å². The van der Waals surface area contributed by atoms with Crippen LogP contribution in [0, 0.1) is 6.92 Å². The molecule has 1 aromatic carbocycles. The Morgan fingerprint density at radius 1 is 1.19 bits per heavy atom. The SMILES string of the molecule is Cc1cc(C2=NCc3cc(CC(=O)NC4CC(=O)Nc5ccccc54)ncc32)ccn1. The molecule has 2 aromatic heterocycles. The first-order valence-electron chi connectivity index (χ1n) is 10.2. The van der Waals surface area contributed by atoms with E-state index in [1.807, 2.05) is 49.4 Å². The second-order valence-corrected chi connectivity index (χ2v) is 7.82. The molecule has 0 saturated heterocycles. The number of anilines is 1. The van der Waals surface area contributed by atoms with Gasteiger partial charge in [0, 0.05) is 34.9 Å². The molecule has 3 aromatic rings. The van der Waals surface area contributed by atoms with Crippen molar-refractivity contribution >= 4 is 23.2 Å². The van der Waals surface area contributed by atoms with Gasteiger partial charge in [-0.05, 0) is 42.3 Å². The van der Waals surface area contributed by atoms with Crippen LogP contribution in [-0.2, 0) is 22.6 Å². The number of nitrogens with one attached hydrogen (secondary N) is 2. The van der Waals surface area contributed by atoms with E-state index in [1.165, 1.54) is 0 Å². The topological polar surface area (TPSA) is 96.3 Å². The van der Waals surface area contributed by atoms with Crippen molar-refractivity contribution in [3.8, 4) is 0 Å². The summed E-state index contributed by atoms with van der Waals surface area (Å²) in [5.74, 6) is -0.262. The highest BCUT2D eigenvalue weighted by Crippen LogP contribution is 2.30. The molecule has 7 nitrogen and oxygen atoms in total. The van der Waals surface area contributed by atoms with E-state index in [0.717, 1.165) is 39.3 Å². The summed E-state index contributed by atoms with van der Waals surface area (Å²) < 4.78 is 0. The molecule has 4 heterocycles. The molecule has 31 heavy (non-hydrogen) atoms. The molecule has 0 bridgehead atoms. The summed E-state index contributed by atoms with van der Waals surface area (Å²) in [5, 5.41) is 5.83. The second kappa shape index (κ2) is 7.75. The summed E-state index contributed by atoms with van der Waals surface area (Å²) in [5.41, 5.74) is 7.28. The molecule has 1 unspecified atom stereocenters. The smallest absolute Gasteiger partial charge is 0.226 e. The lowest BCUT2D eigenvalue weighted by atomic mass is 9.97. The zero-order valence-corrected chi connectivity index (χ0v) is 17.1. The van der Waals surface area contributed by atoms with Crippen molar-refractivity contribution in [3.63, 3.8) is 0 Å². The fourth-order valence-electron chi connectivity index (χ4n) is 4.13. The maximum atomic E-state index is 12.7. The number of amides is 2. The zero-order chi connectivity index (χ0) is 21.4. The van der Waals surface area contributed by atoms with E-state index < -0.39 is 0 Å². The van der Waals surface area contributed by atoms with Gasteiger partial charge in [0.2, 0.25) is 11.8 Å². The number of carbonyl (C=O) groups is 2. The van der Waals surface area contributed by atoms with Crippen molar-refractivity contribution in [1.82, 2.24) is 15.3 Å². The van der Waals surface area contributed by atoms with Gasteiger partial charge in [-0.1, -0.05) is 18.2 Å². The minimum atomic E-state index is -0.336. The summed E-state index contributed by atoms with van der Waals surface area (Å²) in [6.07, 6.45) is 3.95. The Kier molecular flexibility index (Phi) is 4.78. The van der Waals surface area contributed by atoms with Crippen molar-refractivity contribution < 1.29 is 9.59 Å². The van der Waals surface area contributed by atoms with Gasteiger partial charge in [0.1, 0.15) is 0 Å². The summed E-state index contributed by atoms with van der Waals surface area (Å²) in [6, 6.07) is 13.1. The van der Waals surface area contributed by atoms with Crippen LogP contribution in [0.4, 0.5) is 5.69 Å². The molecular weight excluding hydrogens is 390 g/mol. The minimum Gasteiger partial charge on any atom is -0.348 e. The number of rotatable bonds is 4. The van der Waals surface area contributed by atoms with Crippen molar-refractivity contribution in [2.24, 2.45) is 4.99 Å². The van der Waals surface area contributed by atoms with Crippen LogP contribution in [0.2, 0.25) is 0 Å². The summed E-state index contributed by atoms with van der Waals surface area (Å²) >= 11 is 0. The van der Waals surface area contributed by atoms with Crippen LogP contribution in [0.25, 0.3) is 0 Å². The van der Waals surface area contributed by atoms with Crippen LogP contribution < -0.4 is 10.6 Å². The molecule has 7 heteroatoms. The Bertz CT molecular complexity index is 1230. The molecule has 2 N–H and O–H groups in total. The molecule has 154 valence electrons. The van der Waals surface area contributed by atoms with E-state index >= 15 is 0 Å². The first kappa shape index (κ1) is 19.1. The molecule has 2 aliphatic heterocycles. The molecule has 1 atom stereocenters. The van der Waals surface area contributed by atoms with E-state index in [2.05, 4.69) is 25.6 Å². The lowest BCUT2D eigenvalue weighted by molar-refractivity contribution is -0.122. The monoisotopic (exact) mass is 411 g/mol. The lowest BCUT2D eigenvalue weighted by Gasteiger charge is -2.26. The van der Waals surface area contributed by atoms with Gasteiger partial charge >= 0.3 is 0 Å². The predicted molar refractivity (Wildman–Crippen MR) is 117 cm³/mol. The first-order valence-corrected chi connectivity index (χ1v) is 10.2. The van der Waals surface area contributed by atoms with Gasteiger partial charge in [-0.15, -0.1) is 0 Å². The van der Waals surface area contributed by atoms with Crippen LogP contribution >= 0.6 is 0 Å². The number of carbonyl (C=O) groups excluding carboxylic acids is 2. The Morgan fingerprint density at radius 3 is 2.94 bits per heavy atom. The first-order chi connectivity index (χ1) is 15.1. The molecule has 0 aliphatic carbocycles. The molecule has 5 rings (SSSR count). The molecule has 2 amide bonds. The molecular formula is C24H21N5O2. The second-order valence-electron chi connectivity index (χ2n) is 7.82. The zero-order valence-electron chi connectivity index (χ0n) is 17.1. The maximum absolute atomic E-state index is 12.7. The van der Waals surface area contributed by atoms with Crippen LogP contribution in [0.15, 0.2) is 59.9 Å². The van der Waals surface area contributed by atoms with Gasteiger partial charge in [0.05, 0.1) is 36.8 Å². The number of pyridine rings is 2. The quantitative estimate of drug-likeness (QED) is 0.690. The van der Waals surface area contributed by atoms with E-state index in [-0.39, 0.29) is 30.7 Å².